The summed E-state index contributed by atoms with van der Waals surface area (Å²) in [6, 6.07) is 7.63. The summed E-state index contributed by atoms with van der Waals surface area (Å²) in [4.78, 5) is 20.1. The van der Waals surface area contributed by atoms with Crippen LogP contribution in [0, 0.1) is 0 Å². The predicted molar refractivity (Wildman–Crippen MR) is 111 cm³/mol. The second-order valence-electron chi connectivity index (χ2n) is 7.04. The van der Waals surface area contributed by atoms with Crippen LogP contribution in [-0.4, -0.2) is 55.2 Å². The Bertz CT molecular complexity index is 907. The Hall–Kier alpha value is -2.67. The number of rotatable bonds is 5. The second-order valence-corrected chi connectivity index (χ2v) is 7.44. The Morgan fingerprint density at radius 3 is 2.97 bits per heavy atom. The third kappa shape index (κ3) is 4.05. The molecule has 1 amide bonds. The summed E-state index contributed by atoms with van der Waals surface area (Å²) in [5.41, 5.74) is 1.76. The summed E-state index contributed by atoms with van der Waals surface area (Å²) in [6.07, 6.45) is 3.09. The fourth-order valence-electron chi connectivity index (χ4n) is 3.72. The maximum Gasteiger partial charge on any atom is 0.232 e. The Labute approximate surface area is 175 Å². The van der Waals surface area contributed by atoms with Crippen LogP contribution in [0.5, 0.6) is 17.4 Å². The van der Waals surface area contributed by atoms with E-state index in [1.54, 1.807) is 13.3 Å². The number of carbonyl (C=O) groups is 1. The number of pyridine rings is 1. The number of benzene rings is 1. The molecule has 1 saturated heterocycles. The van der Waals surface area contributed by atoms with Crippen molar-refractivity contribution in [2.45, 2.75) is 25.9 Å². The van der Waals surface area contributed by atoms with E-state index in [-0.39, 0.29) is 12.0 Å². The van der Waals surface area contributed by atoms with Crippen LogP contribution >= 0.6 is 11.6 Å². The maximum atomic E-state index is 11.9. The van der Waals surface area contributed by atoms with Crippen molar-refractivity contribution in [3.8, 4) is 17.4 Å². The van der Waals surface area contributed by atoms with Crippen molar-refractivity contribution in [2.75, 3.05) is 38.3 Å². The van der Waals surface area contributed by atoms with Gasteiger partial charge < -0.3 is 24.0 Å². The van der Waals surface area contributed by atoms with Gasteiger partial charge in [-0.1, -0.05) is 18.5 Å². The van der Waals surface area contributed by atoms with Gasteiger partial charge in [-0.25, -0.2) is 4.98 Å². The van der Waals surface area contributed by atoms with Gasteiger partial charge >= 0.3 is 0 Å². The molecule has 8 heteroatoms. The highest BCUT2D eigenvalue weighted by Crippen LogP contribution is 2.40. The lowest BCUT2D eigenvalue weighted by atomic mass is 10.2. The highest BCUT2D eigenvalue weighted by atomic mass is 35.5. The summed E-state index contributed by atoms with van der Waals surface area (Å²) in [7, 11) is 1.54. The van der Waals surface area contributed by atoms with E-state index in [1.807, 2.05) is 36.1 Å². The molecule has 0 saturated carbocycles. The summed E-state index contributed by atoms with van der Waals surface area (Å²) in [5, 5.41) is 0.456. The third-order valence-electron chi connectivity index (χ3n) is 5.19. The zero-order valence-corrected chi connectivity index (χ0v) is 17.3. The Kier molecular flexibility index (Phi) is 5.67. The first-order valence-corrected chi connectivity index (χ1v) is 10.1. The molecular formula is C21H24ClN3O4. The highest BCUT2D eigenvalue weighted by molar-refractivity contribution is 6.32. The smallest absolute Gasteiger partial charge is 0.232 e. The number of amides is 1. The fourth-order valence-corrected chi connectivity index (χ4v) is 3.96. The minimum absolute atomic E-state index is 0.00129. The zero-order valence-electron chi connectivity index (χ0n) is 16.6. The molecule has 0 radical (unpaired) electrons. The number of halogens is 1. The van der Waals surface area contributed by atoms with Crippen LogP contribution in [0.1, 0.15) is 19.8 Å². The first-order chi connectivity index (χ1) is 14.1. The number of hydrogen-bond acceptors (Lipinski definition) is 6. The lowest BCUT2D eigenvalue weighted by Gasteiger charge is -2.31. The molecule has 4 rings (SSSR count). The molecule has 2 aromatic rings. The predicted octanol–water partition coefficient (Wildman–Crippen LogP) is 3.66. The van der Waals surface area contributed by atoms with Crippen molar-refractivity contribution in [1.29, 1.82) is 0 Å². The van der Waals surface area contributed by atoms with Gasteiger partial charge in [0.25, 0.3) is 0 Å². The van der Waals surface area contributed by atoms with Gasteiger partial charge in [-0.2, -0.15) is 0 Å². The normalized spacial score (nSPS) is 18.2. The lowest BCUT2D eigenvalue weighted by molar-refractivity contribution is -0.130. The number of hydrogen-bond donors (Lipinski definition) is 0. The van der Waals surface area contributed by atoms with Crippen LogP contribution in [0.25, 0.3) is 0 Å². The summed E-state index contributed by atoms with van der Waals surface area (Å²) in [6.45, 7) is 4.49. The Balaban J connectivity index is 1.54. The van der Waals surface area contributed by atoms with Gasteiger partial charge in [-0.05, 0) is 18.2 Å². The molecule has 0 N–H and O–H groups in total. The van der Waals surface area contributed by atoms with Crippen molar-refractivity contribution >= 4 is 28.9 Å². The van der Waals surface area contributed by atoms with E-state index in [0.29, 0.717) is 37.0 Å². The standard InChI is InChI=1S/C21H24ClN3O4/c1-3-20(26)24-7-6-16(13-24)29-15-4-5-19-18(11-15)25(8-9-28-19)14-10-17(22)21(27-2)23-12-14/h4-5,10-12,16H,3,6-9,13H2,1-2H3/t16-/m0/s1. The quantitative estimate of drug-likeness (QED) is 0.739. The molecule has 1 fully saturated rings. The van der Waals surface area contributed by atoms with Crippen LogP contribution in [0.2, 0.25) is 5.02 Å². The van der Waals surface area contributed by atoms with Crippen LogP contribution in [0.4, 0.5) is 11.4 Å². The molecule has 29 heavy (non-hydrogen) atoms. The van der Waals surface area contributed by atoms with Gasteiger partial charge in [0, 0.05) is 25.5 Å². The van der Waals surface area contributed by atoms with Crippen LogP contribution in [0.15, 0.2) is 30.5 Å². The van der Waals surface area contributed by atoms with Crippen LogP contribution in [-0.2, 0) is 4.79 Å². The average Bonchev–Trinajstić information content (AvgIpc) is 3.21. The molecule has 154 valence electrons. The topological polar surface area (TPSA) is 64.1 Å². The highest BCUT2D eigenvalue weighted by Gasteiger charge is 2.28. The molecule has 0 bridgehead atoms. The van der Waals surface area contributed by atoms with E-state index in [9.17, 15) is 4.79 Å². The number of anilines is 2. The summed E-state index contributed by atoms with van der Waals surface area (Å²) >= 11 is 6.27. The number of methoxy groups -OCH3 is 1. The van der Waals surface area contributed by atoms with Crippen LogP contribution in [0.3, 0.4) is 0 Å². The Morgan fingerprint density at radius 1 is 1.34 bits per heavy atom. The van der Waals surface area contributed by atoms with E-state index in [2.05, 4.69) is 9.88 Å². The van der Waals surface area contributed by atoms with Gasteiger partial charge in [-0.3, -0.25) is 4.79 Å². The first kappa shape index (κ1) is 19.6. The number of ether oxygens (including phenoxy) is 3. The molecule has 7 nitrogen and oxygen atoms in total. The van der Waals surface area contributed by atoms with Crippen molar-refractivity contribution in [3.63, 3.8) is 0 Å². The summed E-state index contributed by atoms with van der Waals surface area (Å²) < 4.78 is 17.1. The molecule has 0 aliphatic carbocycles. The van der Waals surface area contributed by atoms with Gasteiger partial charge in [-0.15, -0.1) is 0 Å². The number of nitrogens with zero attached hydrogens (tertiary/aromatic N) is 3. The molecule has 1 atom stereocenters. The molecular weight excluding hydrogens is 394 g/mol. The van der Waals surface area contributed by atoms with Gasteiger partial charge in [0.2, 0.25) is 11.8 Å². The van der Waals surface area contributed by atoms with Gasteiger partial charge in [0.1, 0.15) is 29.2 Å². The van der Waals surface area contributed by atoms with Crippen LogP contribution < -0.4 is 19.1 Å². The number of fused-ring (bicyclic) bond motifs is 1. The van der Waals surface area contributed by atoms with E-state index in [0.717, 1.165) is 35.8 Å². The first-order valence-electron chi connectivity index (χ1n) is 9.77. The van der Waals surface area contributed by atoms with E-state index in [4.69, 9.17) is 25.8 Å². The van der Waals surface area contributed by atoms with Crippen molar-refractivity contribution in [3.05, 3.63) is 35.5 Å². The minimum atomic E-state index is -0.00129. The molecule has 1 aromatic carbocycles. The molecule has 0 spiro atoms. The summed E-state index contributed by atoms with van der Waals surface area (Å²) in [5.74, 6) is 2.10. The molecule has 2 aliphatic heterocycles. The van der Waals surface area contributed by atoms with Crippen molar-refractivity contribution in [1.82, 2.24) is 9.88 Å². The average molecular weight is 418 g/mol. The fraction of sp³-hybridized carbons (Fsp3) is 0.429. The molecule has 2 aliphatic rings. The third-order valence-corrected chi connectivity index (χ3v) is 5.47. The molecule has 1 aromatic heterocycles. The van der Waals surface area contributed by atoms with E-state index < -0.39 is 0 Å². The van der Waals surface area contributed by atoms with Gasteiger partial charge in [0.15, 0.2) is 0 Å². The number of aromatic nitrogens is 1. The zero-order chi connectivity index (χ0) is 20.4. The second kappa shape index (κ2) is 8.37. The largest absolute Gasteiger partial charge is 0.490 e. The molecule has 0 unspecified atom stereocenters. The number of carbonyl (C=O) groups excluding carboxylic acids is 1. The lowest BCUT2D eigenvalue weighted by Crippen LogP contribution is -2.30. The maximum absolute atomic E-state index is 11.9. The SMILES string of the molecule is CCC(=O)N1CC[C@H](Oc2ccc3c(c2)N(c2cnc(OC)c(Cl)c2)CCO3)C1. The minimum Gasteiger partial charge on any atom is -0.490 e. The number of likely N-dealkylation sites (tertiary alicyclic amines) is 1. The van der Waals surface area contributed by atoms with Gasteiger partial charge in [0.05, 0.1) is 37.8 Å². The van der Waals surface area contributed by atoms with Crippen molar-refractivity contribution in [2.24, 2.45) is 0 Å². The Morgan fingerprint density at radius 2 is 2.21 bits per heavy atom. The van der Waals surface area contributed by atoms with Crippen molar-refractivity contribution < 1.29 is 19.0 Å². The van der Waals surface area contributed by atoms with E-state index >= 15 is 0 Å². The van der Waals surface area contributed by atoms with E-state index in [1.165, 1.54) is 0 Å². The monoisotopic (exact) mass is 417 g/mol. The molecule has 3 heterocycles.